The van der Waals surface area contributed by atoms with Crippen molar-refractivity contribution in [1.29, 1.82) is 0 Å². The van der Waals surface area contributed by atoms with Gasteiger partial charge in [-0.1, -0.05) is 19.3 Å². The topological polar surface area (TPSA) is 18.5 Å². The van der Waals surface area contributed by atoms with E-state index in [0.29, 0.717) is 0 Å². The van der Waals surface area contributed by atoms with E-state index in [1.807, 2.05) is 0 Å². The van der Waals surface area contributed by atoms with Crippen molar-refractivity contribution >= 4 is 0 Å². The predicted octanol–water partition coefficient (Wildman–Crippen LogP) is 2.96. The van der Waals surface area contributed by atoms with Crippen LogP contribution < -0.4 is 5.32 Å². The summed E-state index contributed by atoms with van der Waals surface area (Å²) < 4.78 is 0. The van der Waals surface area contributed by atoms with Crippen molar-refractivity contribution in [2.75, 3.05) is 53.4 Å². The summed E-state index contributed by atoms with van der Waals surface area (Å²) in [5.74, 6) is 0. The van der Waals surface area contributed by atoms with E-state index >= 15 is 0 Å². The molecule has 0 bridgehead atoms. The molecule has 0 aliphatic carbocycles. The highest BCUT2D eigenvalue weighted by Gasteiger charge is 2.01. The molecule has 120 valence electrons. The van der Waals surface area contributed by atoms with Gasteiger partial charge in [-0.2, -0.15) is 0 Å². The Labute approximate surface area is 127 Å². The van der Waals surface area contributed by atoms with Crippen LogP contribution in [0.2, 0.25) is 0 Å². The van der Waals surface area contributed by atoms with Crippen LogP contribution >= 0.6 is 0 Å². The second kappa shape index (κ2) is 12.6. The maximum atomic E-state index is 3.58. The minimum atomic E-state index is 1.21. The van der Waals surface area contributed by atoms with Gasteiger partial charge in [0, 0.05) is 0 Å². The molecule has 1 rings (SSSR count). The minimum absolute atomic E-state index is 1.21. The van der Waals surface area contributed by atoms with Crippen molar-refractivity contribution in [3.63, 3.8) is 0 Å². The molecule has 1 aliphatic heterocycles. The number of hydrogen-bond donors (Lipinski definition) is 1. The lowest BCUT2D eigenvalue weighted by atomic mass is 10.2. The van der Waals surface area contributed by atoms with Crippen LogP contribution in [0.5, 0.6) is 0 Å². The molecule has 1 fully saturated rings. The van der Waals surface area contributed by atoms with Gasteiger partial charge in [0.05, 0.1) is 0 Å². The first-order valence-electron chi connectivity index (χ1n) is 8.87. The fraction of sp³-hybridized carbons (Fsp3) is 1.00. The van der Waals surface area contributed by atoms with Crippen LogP contribution in [0.1, 0.15) is 57.8 Å². The molecule has 1 heterocycles. The van der Waals surface area contributed by atoms with E-state index in [1.165, 1.54) is 97.1 Å². The molecular formula is C17H37N3. The number of hydrogen-bond acceptors (Lipinski definition) is 3. The predicted molar refractivity (Wildman–Crippen MR) is 89.4 cm³/mol. The van der Waals surface area contributed by atoms with E-state index in [2.05, 4.69) is 29.2 Å². The Balaban J connectivity index is 2.16. The summed E-state index contributed by atoms with van der Waals surface area (Å²) in [4.78, 5) is 5.03. The number of rotatable bonds is 0. The smallest absolute Gasteiger partial charge is 0.00218 e. The van der Waals surface area contributed by atoms with Gasteiger partial charge in [-0.25, -0.2) is 0 Å². The Morgan fingerprint density at radius 1 is 0.500 bits per heavy atom. The summed E-state index contributed by atoms with van der Waals surface area (Å²) in [5.41, 5.74) is 0. The fourth-order valence-electron chi connectivity index (χ4n) is 2.91. The van der Waals surface area contributed by atoms with Crippen LogP contribution in [0.4, 0.5) is 0 Å². The summed E-state index contributed by atoms with van der Waals surface area (Å²) in [5, 5.41) is 3.58. The molecule has 0 atom stereocenters. The van der Waals surface area contributed by atoms with Gasteiger partial charge in [0.1, 0.15) is 0 Å². The van der Waals surface area contributed by atoms with E-state index in [-0.39, 0.29) is 0 Å². The Morgan fingerprint density at radius 3 is 1.25 bits per heavy atom. The van der Waals surface area contributed by atoms with Crippen molar-refractivity contribution in [1.82, 2.24) is 15.1 Å². The van der Waals surface area contributed by atoms with Crippen LogP contribution in [-0.4, -0.2) is 63.2 Å². The van der Waals surface area contributed by atoms with Crippen LogP contribution in [0.25, 0.3) is 0 Å². The summed E-state index contributed by atoms with van der Waals surface area (Å²) in [7, 11) is 4.56. The average Bonchev–Trinajstić information content (AvgIpc) is 2.43. The molecule has 1 saturated heterocycles. The average molecular weight is 284 g/mol. The lowest BCUT2D eigenvalue weighted by molar-refractivity contribution is 0.294. The molecule has 0 unspecified atom stereocenters. The summed E-state index contributed by atoms with van der Waals surface area (Å²) in [6.07, 6.45) is 12.3. The Hall–Kier alpha value is -0.120. The van der Waals surface area contributed by atoms with Gasteiger partial charge in [-0.15, -0.1) is 0 Å². The Morgan fingerprint density at radius 2 is 0.850 bits per heavy atom. The largest absolute Gasteiger partial charge is 0.317 e. The third kappa shape index (κ3) is 10.6. The maximum absolute atomic E-state index is 3.58. The van der Waals surface area contributed by atoms with Crippen molar-refractivity contribution < 1.29 is 0 Å². The lowest BCUT2D eigenvalue weighted by Gasteiger charge is -2.18. The summed E-state index contributed by atoms with van der Waals surface area (Å²) in [6.45, 7) is 7.54. The number of nitrogens with one attached hydrogen (secondary N) is 1. The normalized spacial score (nSPS) is 24.9. The van der Waals surface area contributed by atoms with E-state index in [9.17, 15) is 0 Å². The zero-order chi connectivity index (χ0) is 14.5. The molecule has 0 aromatic heterocycles. The van der Waals surface area contributed by atoms with Crippen molar-refractivity contribution in [2.24, 2.45) is 0 Å². The van der Waals surface area contributed by atoms with Crippen LogP contribution in [-0.2, 0) is 0 Å². The molecule has 0 aromatic carbocycles. The molecule has 3 nitrogen and oxygen atoms in total. The SMILES string of the molecule is CN1CCCCCNCCCCCN(C)CCCCC1. The molecule has 0 aromatic rings. The van der Waals surface area contributed by atoms with E-state index in [4.69, 9.17) is 0 Å². The van der Waals surface area contributed by atoms with Gasteiger partial charge in [-0.05, 0) is 91.9 Å². The highest BCUT2D eigenvalue weighted by Crippen LogP contribution is 2.04. The summed E-state index contributed by atoms with van der Waals surface area (Å²) >= 11 is 0. The Bertz CT molecular complexity index is 188. The molecule has 0 saturated carbocycles. The van der Waals surface area contributed by atoms with Gasteiger partial charge in [0.25, 0.3) is 0 Å². The molecule has 0 spiro atoms. The van der Waals surface area contributed by atoms with Crippen LogP contribution in [0.3, 0.4) is 0 Å². The van der Waals surface area contributed by atoms with Gasteiger partial charge in [0.2, 0.25) is 0 Å². The van der Waals surface area contributed by atoms with Gasteiger partial charge in [-0.3, -0.25) is 0 Å². The third-order valence-corrected chi connectivity index (χ3v) is 4.37. The minimum Gasteiger partial charge on any atom is -0.317 e. The second-order valence-electron chi connectivity index (χ2n) is 6.54. The Kier molecular flexibility index (Phi) is 11.3. The van der Waals surface area contributed by atoms with Crippen LogP contribution in [0.15, 0.2) is 0 Å². The maximum Gasteiger partial charge on any atom is -0.00218 e. The van der Waals surface area contributed by atoms with Gasteiger partial charge < -0.3 is 15.1 Å². The number of nitrogens with zero attached hydrogens (tertiary/aromatic N) is 2. The second-order valence-corrected chi connectivity index (χ2v) is 6.54. The third-order valence-electron chi connectivity index (χ3n) is 4.37. The van der Waals surface area contributed by atoms with Gasteiger partial charge in [0.15, 0.2) is 0 Å². The highest BCUT2D eigenvalue weighted by molar-refractivity contribution is 4.58. The molecule has 1 N–H and O–H groups in total. The molecule has 20 heavy (non-hydrogen) atoms. The first-order chi connectivity index (χ1) is 9.79. The van der Waals surface area contributed by atoms with Crippen molar-refractivity contribution in [3.05, 3.63) is 0 Å². The standard InChI is InChI=1S/C17H37N3/c1-19-14-8-3-6-12-18-13-7-4-9-15-20(2)17-11-5-10-16-19/h18H,3-17H2,1-2H3. The zero-order valence-corrected chi connectivity index (χ0v) is 14.0. The molecule has 0 amide bonds. The van der Waals surface area contributed by atoms with Gasteiger partial charge >= 0.3 is 0 Å². The molecule has 0 radical (unpaired) electrons. The fourth-order valence-corrected chi connectivity index (χ4v) is 2.91. The van der Waals surface area contributed by atoms with E-state index in [1.54, 1.807) is 0 Å². The van der Waals surface area contributed by atoms with Crippen LogP contribution in [0, 0.1) is 0 Å². The molecule has 1 aliphatic rings. The zero-order valence-electron chi connectivity index (χ0n) is 14.0. The highest BCUT2D eigenvalue weighted by atomic mass is 15.1. The van der Waals surface area contributed by atoms with Crippen molar-refractivity contribution in [2.45, 2.75) is 57.8 Å². The first-order valence-corrected chi connectivity index (χ1v) is 8.87. The molecule has 3 heteroatoms. The quantitative estimate of drug-likeness (QED) is 0.737. The van der Waals surface area contributed by atoms with E-state index in [0.717, 1.165) is 0 Å². The lowest BCUT2D eigenvalue weighted by Crippen LogP contribution is -2.23. The first kappa shape index (κ1) is 17.9. The summed E-state index contributed by atoms with van der Waals surface area (Å²) in [6, 6.07) is 0. The van der Waals surface area contributed by atoms with Crippen molar-refractivity contribution in [3.8, 4) is 0 Å². The van der Waals surface area contributed by atoms with E-state index < -0.39 is 0 Å². The monoisotopic (exact) mass is 283 g/mol. The molecular weight excluding hydrogens is 246 g/mol.